The van der Waals surface area contributed by atoms with E-state index in [9.17, 15) is 9.59 Å². The number of para-hydroxylation sites is 1. The molecule has 5 rings (SSSR count). The molecule has 0 radical (unpaired) electrons. The summed E-state index contributed by atoms with van der Waals surface area (Å²) in [5, 5.41) is 6.54. The first-order valence-electron chi connectivity index (χ1n) is 11.6. The minimum Gasteiger partial charge on any atom is -0.487 e. The smallest absolute Gasteiger partial charge is 0.263 e. The van der Waals surface area contributed by atoms with Crippen molar-refractivity contribution in [2.75, 3.05) is 13.1 Å². The van der Waals surface area contributed by atoms with Crippen LogP contribution in [0.2, 0.25) is 0 Å². The predicted molar refractivity (Wildman–Crippen MR) is 120 cm³/mol. The number of hydrogen-bond acceptors (Lipinski definition) is 4. The largest absolute Gasteiger partial charge is 0.487 e. The summed E-state index contributed by atoms with van der Waals surface area (Å²) in [7, 11) is 0. The van der Waals surface area contributed by atoms with Gasteiger partial charge >= 0.3 is 0 Å². The van der Waals surface area contributed by atoms with Gasteiger partial charge in [-0.25, -0.2) is 0 Å². The highest BCUT2D eigenvalue weighted by Crippen LogP contribution is 2.47. The predicted octanol–water partition coefficient (Wildman–Crippen LogP) is 3.65. The SMILES string of the molecule is Cc1ccn(C2CCNCC2)c(=O)c1C(=O)NC1CC2(CCCC2)Oc2ccccc21. The number of aryl methyl sites for hydroxylation is 1. The molecule has 6 nitrogen and oxygen atoms in total. The Morgan fingerprint density at radius 3 is 2.68 bits per heavy atom. The molecule has 1 aliphatic carbocycles. The Morgan fingerprint density at radius 1 is 1.16 bits per heavy atom. The van der Waals surface area contributed by atoms with Gasteiger partial charge in [0.2, 0.25) is 0 Å². The summed E-state index contributed by atoms with van der Waals surface area (Å²) in [5.41, 5.74) is 1.61. The number of amides is 1. The minimum absolute atomic E-state index is 0.145. The summed E-state index contributed by atoms with van der Waals surface area (Å²) in [4.78, 5) is 26.7. The number of carbonyl (C=O) groups excluding carboxylic acids is 1. The number of nitrogens with zero attached hydrogens (tertiary/aromatic N) is 1. The zero-order valence-electron chi connectivity index (χ0n) is 18.2. The van der Waals surface area contributed by atoms with Crippen LogP contribution < -0.4 is 20.9 Å². The van der Waals surface area contributed by atoms with Gasteiger partial charge < -0.3 is 19.9 Å². The van der Waals surface area contributed by atoms with Crippen LogP contribution in [-0.4, -0.2) is 29.2 Å². The van der Waals surface area contributed by atoms with E-state index in [2.05, 4.69) is 10.6 Å². The maximum absolute atomic E-state index is 13.4. The third-order valence-electron chi connectivity index (χ3n) is 7.27. The lowest BCUT2D eigenvalue weighted by Crippen LogP contribution is -2.45. The van der Waals surface area contributed by atoms with Crippen LogP contribution >= 0.6 is 0 Å². The van der Waals surface area contributed by atoms with E-state index in [0.29, 0.717) is 0 Å². The van der Waals surface area contributed by atoms with Crippen molar-refractivity contribution in [2.24, 2.45) is 0 Å². The molecular weight excluding hydrogens is 390 g/mol. The summed E-state index contributed by atoms with van der Waals surface area (Å²) in [6, 6.07) is 9.86. The van der Waals surface area contributed by atoms with Gasteiger partial charge in [0.05, 0.1) is 6.04 Å². The highest BCUT2D eigenvalue weighted by molar-refractivity contribution is 5.95. The van der Waals surface area contributed by atoms with Crippen LogP contribution in [0, 0.1) is 6.92 Å². The molecule has 1 aromatic heterocycles. The van der Waals surface area contributed by atoms with Crippen LogP contribution in [-0.2, 0) is 0 Å². The molecule has 3 heterocycles. The molecule has 2 fully saturated rings. The van der Waals surface area contributed by atoms with Gasteiger partial charge in [0.15, 0.2) is 0 Å². The number of carbonyl (C=O) groups is 1. The molecule has 1 unspecified atom stereocenters. The number of ether oxygens (including phenoxy) is 1. The van der Waals surface area contributed by atoms with E-state index >= 15 is 0 Å². The lowest BCUT2D eigenvalue weighted by Gasteiger charge is -2.40. The van der Waals surface area contributed by atoms with Crippen molar-refractivity contribution in [1.29, 1.82) is 0 Å². The number of hydrogen-bond donors (Lipinski definition) is 2. The number of aromatic nitrogens is 1. The molecule has 0 bridgehead atoms. The van der Waals surface area contributed by atoms with Crippen LogP contribution in [0.3, 0.4) is 0 Å². The van der Waals surface area contributed by atoms with E-state index in [1.807, 2.05) is 43.5 Å². The molecule has 3 aliphatic rings. The number of benzene rings is 1. The molecule has 6 heteroatoms. The van der Waals surface area contributed by atoms with Gasteiger partial charge in [0, 0.05) is 24.2 Å². The van der Waals surface area contributed by atoms with Gasteiger partial charge in [-0.15, -0.1) is 0 Å². The van der Waals surface area contributed by atoms with Crippen molar-refractivity contribution in [3.8, 4) is 5.75 Å². The fraction of sp³-hybridized carbons (Fsp3) is 0.520. The molecular formula is C25H31N3O3. The second kappa shape index (κ2) is 8.15. The molecule has 2 aliphatic heterocycles. The Balaban J connectivity index is 1.45. The van der Waals surface area contributed by atoms with Gasteiger partial charge in [-0.2, -0.15) is 0 Å². The Labute approximate surface area is 183 Å². The summed E-state index contributed by atoms with van der Waals surface area (Å²) < 4.78 is 8.18. The quantitative estimate of drug-likeness (QED) is 0.794. The number of fused-ring (bicyclic) bond motifs is 1. The topological polar surface area (TPSA) is 72.4 Å². The van der Waals surface area contributed by atoms with Crippen LogP contribution in [0.1, 0.15) is 78.5 Å². The van der Waals surface area contributed by atoms with Gasteiger partial charge in [-0.05, 0) is 76.2 Å². The number of piperidine rings is 1. The first-order chi connectivity index (χ1) is 15.1. The molecule has 31 heavy (non-hydrogen) atoms. The Bertz CT molecular complexity index is 1030. The summed E-state index contributed by atoms with van der Waals surface area (Å²) in [6.07, 6.45) is 8.75. The van der Waals surface area contributed by atoms with Crippen molar-refractivity contribution in [2.45, 2.75) is 69.6 Å². The monoisotopic (exact) mass is 421 g/mol. The second-order valence-corrected chi connectivity index (χ2v) is 9.33. The Hall–Kier alpha value is -2.60. The molecule has 2 N–H and O–H groups in total. The van der Waals surface area contributed by atoms with E-state index in [4.69, 9.17) is 4.74 Å². The first kappa shape index (κ1) is 20.3. The maximum Gasteiger partial charge on any atom is 0.263 e. The Morgan fingerprint density at radius 2 is 1.90 bits per heavy atom. The molecule has 164 valence electrons. The zero-order chi connectivity index (χ0) is 21.4. The molecule has 1 amide bonds. The van der Waals surface area contributed by atoms with Gasteiger partial charge in [0.25, 0.3) is 11.5 Å². The van der Waals surface area contributed by atoms with Crippen LogP contribution in [0.25, 0.3) is 0 Å². The average molecular weight is 422 g/mol. The highest BCUT2D eigenvalue weighted by Gasteiger charge is 2.43. The molecule has 2 aromatic rings. The van der Waals surface area contributed by atoms with Crippen molar-refractivity contribution in [1.82, 2.24) is 15.2 Å². The minimum atomic E-state index is -0.277. The van der Waals surface area contributed by atoms with Gasteiger partial charge in [-0.1, -0.05) is 18.2 Å². The van der Waals surface area contributed by atoms with Crippen molar-refractivity contribution in [3.63, 3.8) is 0 Å². The van der Waals surface area contributed by atoms with E-state index < -0.39 is 0 Å². The van der Waals surface area contributed by atoms with Crippen LogP contribution in [0.5, 0.6) is 5.75 Å². The molecule has 1 saturated carbocycles. The summed E-state index contributed by atoms with van der Waals surface area (Å²) in [5.74, 6) is 0.582. The lowest BCUT2D eigenvalue weighted by atomic mass is 9.85. The fourth-order valence-electron chi connectivity index (χ4n) is 5.59. The van der Waals surface area contributed by atoms with E-state index in [1.165, 1.54) is 0 Å². The molecule has 1 saturated heterocycles. The van der Waals surface area contributed by atoms with Crippen molar-refractivity contribution < 1.29 is 9.53 Å². The van der Waals surface area contributed by atoms with E-state index in [0.717, 1.165) is 74.9 Å². The first-order valence-corrected chi connectivity index (χ1v) is 11.6. The van der Waals surface area contributed by atoms with Gasteiger partial charge in [-0.3, -0.25) is 9.59 Å². The molecule has 1 aromatic carbocycles. The lowest BCUT2D eigenvalue weighted by molar-refractivity contribution is 0.0360. The maximum atomic E-state index is 13.4. The normalized spacial score (nSPS) is 22.7. The standard InChI is InChI=1S/C25H31N3O3/c1-17-10-15-28(18-8-13-26-14-9-18)24(30)22(17)23(29)27-20-16-25(11-4-5-12-25)31-21-7-3-2-6-19(20)21/h2-3,6-7,10,15,18,20,26H,4-5,8-9,11-14,16H2,1H3,(H,27,29). The van der Waals surface area contributed by atoms with Crippen molar-refractivity contribution >= 4 is 5.91 Å². The number of nitrogens with one attached hydrogen (secondary N) is 2. The Kier molecular flexibility index (Phi) is 5.34. The summed E-state index contributed by atoms with van der Waals surface area (Å²) >= 11 is 0. The van der Waals surface area contributed by atoms with E-state index in [1.54, 1.807) is 4.57 Å². The third-order valence-corrected chi connectivity index (χ3v) is 7.27. The second-order valence-electron chi connectivity index (χ2n) is 9.33. The zero-order valence-corrected chi connectivity index (χ0v) is 18.2. The number of rotatable bonds is 3. The third kappa shape index (κ3) is 3.78. The van der Waals surface area contributed by atoms with E-state index in [-0.39, 0.29) is 34.7 Å². The molecule has 1 spiro atoms. The number of pyridine rings is 1. The van der Waals surface area contributed by atoms with Gasteiger partial charge in [0.1, 0.15) is 16.9 Å². The summed E-state index contributed by atoms with van der Waals surface area (Å²) in [6.45, 7) is 3.64. The highest BCUT2D eigenvalue weighted by atomic mass is 16.5. The van der Waals surface area contributed by atoms with Crippen molar-refractivity contribution in [3.05, 3.63) is 63.6 Å². The fourth-order valence-corrected chi connectivity index (χ4v) is 5.59. The molecule has 1 atom stereocenters. The van der Waals surface area contributed by atoms with Crippen LogP contribution in [0.4, 0.5) is 0 Å². The average Bonchev–Trinajstić information content (AvgIpc) is 3.21. The van der Waals surface area contributed by atoms with Crippen LogP contribution in [0.15, 0.2) is 41.3 Å².